The number of aromatic nitrogens is 4. The van der Waals surface area contributed by atoms with Gasteiger partial charge in [0.2, 0.25) is 0 Å². The van der Waals surface area contributed by atoms with Gasteiger partial charge < -0.3 is 10.5 Å². The molecule has 6 nitrogen and oxygen atoms in total. The van der Waals surface area contributed by atoms with Crippen molar-refractivity contribution < 1.29 is 4.74 Å². The van der Waals surface area contributed by atoms with Crippen LogP contribution in [0.3, 0.4) is 0 Å². The van der Waals surface area contributed by atoms with Crippen LogP contribution in [0.25, 0.3) is 17.1 Å². The Morgan fingerprint density at radius 2 is 2.00 bits per heavy atom. The van der Waals surface area contributed by atoms with Gasteiger partial charge >= 0.3 is 0 Å². The molecule has 0 aliphatic heterocycles. The molecule has 0 fully saturated rings. The third-order valence-electron chi connectivity index (χ3n) is 3.14. The molecular formula is C15H15N5O. The number of nitrogens with zero attached hydrogens (tertiary/aromatic N) is 4. The number of anilines is 1. The van der Waals surface area contributed by atoms with Gasteiger partial charge in [0.25, 0.3) is 0 Å². The lowest BCUT2D eigenvalue weighted by atomic mass is 10.1. The van der Waals surface area contributed by atoms with Gasteiger partial charge in [0.1, 0.15) is 0 Å². The molecule has 0 aliphatic carbocycles. The quantitative estimate of drug-likeness (QED) is 0.740. The molecule has 0 bridgehead atoms. The van der Waals surface area contributed by atoms with Crippen LogP contribution in [0.1, 0.15) is 5.56 Å². The van der Waals surface area contributed by atoms with E-state index in [0.29, 0.717) is 18.1 Å². The van der Waals surface area contributed by atoms with E-state index in [1.54, 1.807) is 11.8 Å². The van der Waals surface area contributed by atoms with Crippen LogP contribution in [0.15, 0.2) is 48.5 Å². The van der Waals surface area contributed by atoms with E-state index in [1.165, 1.54) is 0 Å². The molecule has 0 spiro atoms. The van der Waals surface area contributed by atoms with Crippen LogP contribution in [0.2, 0.25) is 0 Å². The van der Waals surface area contributed by atoms with Crippen LogP contribution in [0.5, 0.6) is 0 Å². The highest BCUT2D eigenvalue weighted by molar-refractivity contribution is 5.72. The first-order valence-electron chi connectivity index (χ1n) is 6.51. The zero-order valence-electron chi connectivity index (χ0n) is 11.6. The summed E-state index contributed by atoms with van der Waals surface area (Å²) < 4.78 is 6.82. The molecule has 1 aromatic heterocycles. The van der Waals surface area contributed by atoms with Crippen molar-refractivity contribution in [2.45, 2.75) is 6.61 Å². The van der Waals surface area contributed by atoms with Crippen molar-refractivity contribution in [2.24, 2.45) is 0 Å². The minimum Gasteiger partial charge on any atom is -0.398 e. The van der Waals surface area contributed by atoms with E-state index in [4.69, 9.17) is 10.5 Å². The Kier molecular flexibility index (Phi) is 3.61. The number of ether oxygens (including phenoxy) is 1. The lowest BCUT2D eigenvalue weighted by molar-refractivity contribution is 0.185. The monoisotopic (exact) mass is 281 g/mol. The summed E-state index contributed by atoms with van der Waals surface area (Å²) in [6.07, 6.45) is 0. The van der Waals surface area contributed by atoms with Gasteiger partial charge in [-0.15, -0.1) is 5.10 Å². The van der Waals surface area contributed by atoms with Crippen molar-refractivity contribution >= 4 is 5.69 Å². The van der Waals surface area contributed by atoms with Crippen LogP contribution in [0.4, 0.5) is 5.69 Å². The topological polar surface area (TPSA) is 78.8 Å². The first kappa shape index (κ1) is 13.3. The average molecular weight is 281 g/mol. The molecule has 0 saturated carbocycles. The molecule has 2 aromatic carbocycles. The van der Waals surface area contributed by atoms with Gasteiger partial charge in [-0.25, -0.2) is 0 Å². The molecular weight excluding hydrogens is 266 g/mol. The average Bonchev–Trinajstić information content (AvgIpc) is 2.98. The van der Waals surface area contributed by atoms with Gasteiger partial charge in [0.05, 0.1) is 12.3 Å². The predicted molar refractivity (Wildman–Crippen MR) is 79.7 cm³/mol. The van der Waals surface area contributed by atoms with Crippen LogP contribution >= 0.6 is 0 Å². The molecule has 6 heteroatoms. The Hall–Kier alpha value is -2.73. The molecule has 0 atom stereocenters. The maximum atomic E-state index is 6.01. The number of rotatable bonds is 4. The number of para-hydroxylation sites is 1. The molecule has 0 amide bonds. The maximum Gasteiger partial charge on any atom is 0.189 e. The number of hydrogen-bond donors (Lipinski definition) is 1. The zero-order chi connectivity index (χ0) is 14.7. The fourth-order valence-corrected chi connectivity index (χ4v) is 2.17. The molecule has 0 aliphatic rings. The van der Waals surface area contributed by atoms with Crippen molar-refractivity contribution in [3.63, 3.8) is 0 Å². The third kappa shape index (κ3) is 2.61. The molecule has 0 radical (unpaired) electrons. The lowest BCUT2D eigenvalue weighted by Gasteiger charge is -2.08. The maximum absolute atomic E-state index is 6.01. The highest BCUT2D eigenvalue weighted by Crippen LogP contribution is 2.25. The minimum atomic E-state index is 0.540. The molecule has 0 unspecified atom stereocenters. The standard InChI is InChI=1S/C15H15N5O/c1-21-10-11-5-4-6-12(9-11)20-15(17-18-19-20)13-7-2-3-8-14(13)16/h2-9H,10,16H2,1H3. The van der Waals surface area contributed by atoms with Crippen molar-refractivity contribution in [3.05, 3.63) is 54.1 Å². The molecule has 3 rings (SSSR count). The number of tetrazole rings is 1. The Labute approximate surface area is 122 Å². The molecule has 2 N–H and O–H groups in total. The second-order valence-electron chi connectivity index (χ2n) is 4.60. The summed E-state index contributed by atoms with van der Waals surface area (Å²) in [5, 5.41) is 11.9. The van der Waals surface area contributed by atoms with Crippen molar-refractivity contribution in [2.75, 3.05) is 12.8 Å². The van der Waals surface area contributed by atoms with E-state index >= 15 is 0 Å². The summed E-state index contributed by atoms with van der Waals surface area (Å²) in [6, 6.07) is 15.4. The van der Waals surface area contributed by atoms with Gasteiger partial charge in [-0.05, 0) is 40.3 Å². The van der Waals surface area contributed by atoms with Crippen LogP contribution in [-0.4, -0.2) is 27.3 Å². The molecule has 21 heavy (non-hydrogen) atoms. The summed E-state index contributed by atoms with van der Waals surface area (Å²) in [4.78, 5) is 0. The second kappa shape index (κ2) is 5.72. The third-order valence-corrected chi connectivity index (χ3v) is 3.14. The normalized spacial score (nSPS) is 10.7. The SMILES string of the molecule is COCc1cccc(-n2nnnc2-c2ccccc2N)c1. The Morgan fingerprint density at radius 3 is 2.81 bits per heavy atom. The van der Waals surface area contributed by atoms with Gasteiger partial charge in [-0.1, -0.05) is 24.3 Å². The van der Waals surface area contributed by atoms with Crippen molar-refractivity contribution in [1.82, 2.24) is 20.2 Å². The van der Waals surface area contributed by atoms with Gasteiger partial charge in [0, 0.05) is 18.4 Å². The Morgan fingerprint density at radius 1 is 1.14 bits per heavy atom. The molecule has 0 saturated heterocycles. The van der Waals surface area contributed by atoms with Crippen molar-refractivity contribution in [3.8, 4) is 17.1 Å². The van der Waals surface area contributed by atoms with Crippen LogP contribution in [0, 0.1) is 0 Å². The van der Waals surface area contributed by atoms with E-state index < -0.39 is 0 Å². The van der Waals surface area contributed by atoms with E-state index in [1.807, 2.05) is 48.5 Å². The zero-order valence-corrected chi connectivity index (χ0v) is 11.6. The highest BCUT2D eigenvalue weighted by Gasteiger charge is 2.13. The number of methoxy groups -OCH3 is 1. The predicted octanol–water partition coefficient (Wildman–Crippen LogP) is 2.06. The Balaban J connectivity index is 2.07. The van der Waals surface area contributed by atoms with Gasteiger partial charge in [0.15, 0.2) is 5.82 Å². The number of nitrogens with two attached hydrogens (primary N) is 1. The summed E-state index contributed by atoms with van der Waals surface area (Å²) in [5.41, 5.74) is 9.37. The number of benzene rings is 2. The van der Waals surface area contributed by atoms with Gasteiger partial charge in [-0.3, -0.25) is 0 Å². The molecule has 3 aromatic rings. The smallest absolute Gasteiger partial charge is 0.189 e. The number of nitrogen functional groups attached to an aromatic ring is 1. The fraction of sp³-hybridized carbons (Fsp3) is 0.133. The highest BCUT2D eigenvalue weighted by atomic mass is 16.5. The summed E-state index contributed by atoms with van der Waals surface area (Å²) in [5.74, 6) is 0.614. The molecule has 106 valence electrons. The fourth-order valence-electron chi connectivity index (χ4n) is 2.17. The minimum absolute atomic E-state index is 0.540. The van der Waals surface area contributed by atoms with E-state index in [2.05, 4.69) is 15.5 Å². The Bertz CT molecular complexity index is 753. The summed E-state index contributed by atoms with van der Waals surface area (Å²) in [7, 11) is 1.67. The van der Waals surface area contributed by atoms with E-state index in [9.17, 15) is 0 Å². The largest absolute Gasteiger partial charge is 0.398 e. The van der Waals surface area contributed by atoms with Crippen LogP contribution < -0.4 is 5.73 Å². The first-order valence-corrected chi connectivity index (χ1v) is 6.51. The summed E-state index contributed by atoms with van der Waals surface area (Å²) >= 11 is 0. The van der Waals surface area contributed by atoms with Crippen molar-refractivity contribution in [1.29, 1.82) is 0 Å². The number of hydrogen-bond acceptors (Lipinski definition) is 5. The van der Waals surface area contributed by atoms with Crippen LogP contribution in [-0.2, 0) is 11.3 Å². The molecule has 1 heterocycles. The second-order valence-corrected chi connectivity index (χ2v) is 4.60. The van der Waals surface area contributed by atoms with E-state index in [-0.39, 0.29) is 0 Å². The van der Waals surface area contributed by atoms with E-state index in [0.717, 1.165) is 16.8 Å². The summed E-state index contributed by atoms with van der Waals surface area (Å²) in [6.45, 7) is 0.540. The lowest BCUT2D eigenvalue weighted by Crippen LogP contribution is -2.02. The van der Waals surface area contributed by atoms with Gasteiger partial charge in [-0.2, -0.15) is 4.68 Å². The first-order chi connectivity index (χ1) is 10.3.